The van der Waals surface area contributed by atoms with E-state index < -0.39 is 40.1 Å². The summed E-state index contributed by atoms with van der Waals surface area (Å²) in [5.41, 5.74) is -3.70. The second kappa shape index (κ2) is 5.25. The van der Waals surface area contributed by atoms with Gasteiger partial charge < -0.3 is 5.11 Å². The number of rotatable bonds is 1. The zero-order chi connectivity index (χ0) is 17.6. The summed E-state index contributed by atoms with van der Waals surface area (Å²) in [6.07, 6.45) is -3.24. The predicted octanol–water partition coefficient (Wildman–Crippen LogP) is 2.25. The van der Waals surface area contributed by atoms with Crippen molar-refractivity contribution in [1.29, 1.82) is 0 Å². The summed E-state index contributed by atoms with van der Waals surface area (Å²) < 4.78 is 53.9. The van der Waals surface area contributed by atoms with Crippen LogP contribution in [0.4, 0.5) is 17.6 Å². The topological polar surface area (TPSA) is 80.9 Å². The van der Waals surface area contributed by atoms with Crippen LogP contribution in [0.25, 0.3) is 22.2 Å². The van der Waals surface area contributed by atoms with E-state index in [2.05, 4.69) is 15.1 Å². The minimum Gasteiger partial charge on any atom is -0.503 e. The van der Waals surface area contributed by atoms with Gasteiger partial charge in [-0.2, -0.15) is 18.3 Å². The van der Waals surface area contributed by atoms with Gasteiger partial charge >= 0.3 is 11.7 Å². The van der Waals surface area contributed by atoms with Crippen LogP contribution in [0.2, 0.25) is 0 Å². The van der Waals surface area contributed by atoms with Gasteiger partial charge in [-0.15, -0.1) is 0 Å². The second-order valence-electron chi connectivity index (χ2n) is 4.92. The lowest BCUT2D eigenvalue weighted by atomic mass is 10.0. The van der Waals surface area contributed by atoms with E-state index in [0.29, 0.717) is 0 Å². The molecular weight excluding hydrogens is 332 g/mol. The number of alkyl halides is 3. The molecule has 24 heavy (non-hydrogen) atoms. The minimum absolute atomic E-state index is 0.0157. The third kappa shape index (κ3) is 2.55. The molecule has 0 atom stereocenters. The highest BCUT2D eigenvalue weighted by molar-refractivity contribution is 5.84. The Morgan fingerprint density at radius 1 is 1.17 bits per heavy atom. The maximum absolute atomic E-state index is 13.3. The molecule has 0 fully saturated rings. The highest BCUT2D eigenvalue weighted by Crippen LogP contribution is 2.39. The number of pyridine rings is 2. The van der Waals surface area contributed by atoms with Gasteiger partial charge in [-0.3, -0.25) is 4.79 Å². The van der Waals surface area contributed by atoms with Gasteiger partial charge in [-0.1, -0.05) is 0 Å². The SMILES string of the molecule is Cn1ncc(-c2cc3cc(F)cnc3nc2C(F)(F)F)c(O)c1=O. The van der Waals surface area contributed by atoms with E-state index in [1.54, 1.807) is 0 Å². The average Bonchev–Trinajstić information content (AvgIpc) is 2.50. The first-order chi connectivity index (χ1) is 11.2. The standard InChI is InChI=1S/C14H8F4N4O2/c1-22-13(24)10(23)9(5-20-22)8-3-6-2-7(15)4-19-12(6)21-11(8)14(16,17)18/h2-5,23H,1H3. The number of aromatic nitrogens is 4. The third-order valence-corrected chi connectivity index (χ3v) is 3.30. The van der Waals surface area contributed by atoms with Crippen LogP contribution in [-0.4, -0.2) is 24.9 Å². The molecule has 6 nitrogen and oxygen atoms in total. The fourth-order valence-corrected chi connectivity index (χ4v) is 2.18. The molecule has 3 rings (SSSR count). The molecule has 0 spiro atoms. The van der Waals surface area contributed by atoms with Crippen LogP contribution >= 0.6 is 0 Å². The zero-order valence-corrected chi connectivity index (χ0v) is 12.0. The number of nitrogens with zero attached hydrogens (tertiary/aromatic N) is 4. The van der Waals surface area contributed by atoms with Crippen molar-refractivity contribution in [3.63, 3.8) is 0 Å². The molecule has 0 unspecified atom stereocenters. The molecule has 0 aliphatic rings. The summed E-state index contributed by atoms with van der Waals surface area (Å²) in [6.45, 7) is 0. The lowest BCUT2D eigenvalue weighted by molar-refractivity contribution is -0.140. The fraction of sp³-hybridized carbons (Fsp3) is 0.143. The molecule has 124 valence electrons. The van der Waals surface area contributed by atoms with Crippen LogP contribution in [0.3, 0.4) is 0 Å². The highest BCUT2D eigenvalue weighted by Gasteiger charge is 2.37. The molecule has 0 saturated heterocycles. The lowest BCUT2D eigenvalue weighted by Crippen LogP contribution is -2.20. The molecule has 0 aliphatic carbocycles. The van der Waals surface area contributed by atoms with Crippen LogP contribution in [0, 0.1) is 5.82 Å². The Kier molecular flexibility index (Phi) is 3.47. The van der Waals surface area contributed by atoms with Crippen molar-refractivity contribution in [3.05, 3.63) is 46.4 Å². The van der Waals surface area contributed by atoms with Crippen LogP contribution in [-0.2, 0) is 13.2 Å². The van der Waals surface area contributed by atoms with Gasteiger partial charge in [0, 0.05) is 18.0 Å². The quantitative estimate of drug-likeness (QED) is 0.687. The molecule has 10 heteroatoms. The third-order valence-electron chi connectivity index (χ3n) is 3.30. The zero-order valence-electron chi connectivity index (χ0n) is 12.0. The molecule has 3 heterocycles. The van der Waals surface area contributed by atoms with Gasteiger partial charge in [0.2, 0.25) is 0 Å². The van der Waals surface area contributed by atoms with Crippen molar-refractivity contribution in [2.24, 2.45) is 7.05 Å². The first-order valence-electron chi connectivity index (χ1n) is 6.47. The van der Waals surface area contributed by atoms with Gasteiger partial charge in [-0.05, 0) is 12.1 Å². The average molecular weight is 340 g/mol. The van der Waals surface area contributed by atoms with Gasteiger partial charge in [-0.25, -0.2) is 19.0 Å². The number of hydrogen-bond donors (Lipinski definition) is 1. The van der Waals surface area contributed by atoms with Crippen molar-refractivity contribution in [1.82, 2.24) is 19.7 Å². The van der Waals surface area contributed by atoms with E-state index in [1.807, 2.05) is 0 Å². The van der Waals surface area contributed by atoms with Gasteiger partial charge in [0.05, 0.1) is 18.0 Å². The Morgan fingerprint density at radius 3 is 2.54 bits per heavy atom. The number of hydrogen-bond acceptors (Lipinski definition) is 5. The summed E-state index contributed by atoms with van der Waals surface area (Å²) in [5, 5.41) is 13.5. The molecular formula is C14H8F4N4O2. The Balaban J connectivity index is 2.41. The summed E-state index contributed by atoms with van der Waals surface area (Å²) >= 11 is 0. The number of fused-ring (bicyclic) bond motifs is 1. The smallest absolute Gasteiger partial charge is 0.434 e. The predicted molar refractivity (Wildman–Crippen MR) is 74.6 cm³/mol. The Bertz CT molecular complexity index is 1010. The maximum Gasteiger partial charge on any atom is 0.434 e. The number of aryl methyl sites for hydroxylation is 1. The van der Waals surface area contributed by atoms with E-state index >= 15 is 0 Å². The molecule has 0 aromatic carbocycles. The van der Waals surface area contributed by atoms with E-state index in [1.165, 1.54) is 7.05 Å². The molecule has 1 N–H and O–H groups in total. The van der Waals surface area contributed by atoms with E-state index in [0.717, 1.165) is 29.2 Å². The van der Waals surface area contributed by atoms with Crippen LogP contribution < -0.4 is 5.56 Å². The molecule has 0 aliphatic heterocycles. The summed E-state index contributed by atoms with van der Waals surface area (Å²) in [5.74, 6) is -1.68. The van der Waals surface area contributed by atoms with Crippen LogP contribution in [0.5, 0.6) is 5.75 Å². The molecule has 0 bridgehead atoms. The van der Waals surface area contributed by atoms with Gasteiger partial charge in [0.25, 0.3) is 0 Å². The fourth-order valence-electron chi connectivity index (χ4n) is 2.18. The maximum atomic E-state index is 13.3. The van der Waals surface area contributed by atoms with Crippen molar-refractivity contribution < 1.29 is 22.7 Å². The molecule has 3 aromatic heterocycles. The molecule has 0 amide bonds. The second-order valence-corrected chi connectivity index (χ2v) is 4.92. The lowest BCUT2D eigenvalue weighted by Gasteiger charge is -2.14. The highest BCUT2D eigenvalue weighted by atomic mass is 19.4. The molecule has 3 aromatic rings. The van der Waals surface area contributed by atoms with Crippen molar-refractivity contribution >= 4 is 11.0 Å². The largest absolute Gasteiger partial charge is 0.503 e. The Morgan fingerprint density at radius 2 is 1.88 bits per heavy atom. The molecule has 0 saturated carbocycles. The Labute approximate surface area is 131 Å². The van der Waals surface area contributed by atoms with E-state index in [4.69, 9.17) is 0 Å². The van der Waals surface area contributed by atoms with E-state index in [9.17, 15) is 27.5 Å². The molecule has 0 radical (unpaired) electrons. The van der Waals surface area contributed by atoms with Crippen LogP contribution in [0.15, 0.2) is 29.3 Å². The van der Waals surface area contributed by atoms with Gasteiger partial charge in [0.15, 0.2) is 17.1 Å². The summed E-state index contributed by atoms with van der Waals surface area (Å²) in [7, 11) is 1.23. The van der Waals surface area contributed by atoms with Gasteiger partial charge in [0.1, 0.15) is 5.82 Å². The number of aromatic hydroxyl groups is 1. The van der Waals surface area contributed by atoms with E-state index in [-0.39, 0.29) is 11.0 Å². The van der Waals surface area contributed by atoms with Crippen molar-refractivity contribution in [3.8, 4) is 16.9 Å². The van der Waals surface area contributed by atoms with Crippen molar-refractivity contribution in [2.45, 2.75) is 6.18 Å². The van der Waals surface area contributed by atoms with Crippen molar-refractivity contribution in [2.75, 3.05) is 0 Å². The Hall–Kier alpha value is -3.04. The monoisotopic (exact) mass is 340 g/mol. The summed E-state index contributed by atoms with van der Waals surface area (Å²) in [4.78, 5) is 18.6. The van der Waals surface area contributed by atoms with Crippen LogP contribution in [0.1, 0.15) is 5.69 Å². The summed E-state index contributed by atoms with van der Waals surface area (Å²) in [6, 6.07) is 1.90. The minimum atomic E-state index is -4.88. The normalized spacial score (nSPS) is 11.9. The number of halogens is 4. The first-order valence-corrected chi connectivity index (χ1v) is 6.47. The first kappa shape index (κ1) is 15.8.